The SMILES string of the molecule is Cc1ccc(CN(C(=O)[C@@H]2CNC[C@H]2C)C2CC2)cc1. The number of amides is 1. The number of hydrogen-bond acceptors (Lipinski definition) is 2. The summed E-state index contributed by atoms with van der Waals surface area (Å²) in [4.78, 5) is 14.9. The first-order valence-electron chi connectivity index (χ1n) is 7.72. The van der Waals surface area contributed by atoms with E-state index in [2.05, 4.69) is 48.3 Å². The Balaban J connectivity index is 1.72. The van der Waals surface area contributed by atoms with Crippen LogP contribution in [0.25, 0.3) is 0 Å². The van der Waals surface area contributed by atoms with Crippen molar-refractivity contribution in [3.63, 3.8) is 0 Å². The lowest BCUT2D eigenvalue weighted by Crippen LogP contribution is -2.39. The molecule has 1 N–H and O–H groups in total. The topological polar surface area (TPSA) is 32.3 Å². The molecular formula is C17H24N2O. The molecule has 2 fully saturated rings. The van der Waals surface area contributed by atoms with E-state index in [-0.39, 0.29) is 5.92 Å². The Hall–Kier alpha value is -1.35. The lowest BCUT2D eigenvalue weighted by Gasteiger charge is -2.27. The van der Waals surface area contributed by atoms with E-state index < -0.39 is 0 Å². The Morgan fingerprint density at radius 3 is 2.50 bits per heavy atom. The van der Waals surface area contributed by atoms with Gasteiger partial charge >= 0.3 is 0 Å². The van der Waals surface area contributed by atoms with Crippen LogP contribution in [-0.4, -0.2) is 29.9 Å². The Morgan fingerprint density at radius 2 is 1.95 bits per heavy atom. The van der Waals surface area contributed by atoms with Crippen LogP contribution in [0.1, 0.15) is 30.9 Å². The van der Waals surface area contributed by atoms with Gasteiger partial charge in [0.2, 0.25) is 5.91 Å². The molecule has 108 valence electrons. The van der Waals surface area contributed by atoms with Crippen molar-refractivity contribution in [1.82, 2.24) is 10.2 Å². The normalized spacial score (nSPS) is 25.7. The maximum Gasteiger partial charge on any atom is 0.227 e. The molecule has 0 aromatic heterocycles. The van der Waals surface area contributed by atoms with E-state index in [9.17, 15) is 4.79 Å². The Labute approximate surface area is 121 Å². The van der Waals surface area contributed by atoms with Gasteiger partial charge in [-0.25, -0.2) is 0 Å². The van der Waals surface area contributed by atoms with Crippen LogP contribution in [0.2, 0.25) is 0 Å². The second-order valence-electron chi connectivity index (χ2n) is 6.42. The molecule has 1 aliphatic heterocycles. The number of carbonyl (C=O) groups is 1. The summed E-state index contributed by atoms with van der Waals surface area (Å²) in [5, 5.41) is 3.34. The molecule has 1 aromatic carbocycles. The van der Waals surface area contributed by atoms with E-state index in [0.717, 1.165) is 19.6 Å². The number of nitrogens with one attached hydrogen (secondary N) is 1. The monoisotopic (exact) mass is 272 g/mol. The summed E-state index contributed by atoms with van der Waals surface area (Å²) in [6, 6.07) is 9.04. The zero-order chi connectivity index (χ0) is 14.1. The quantitative estimate of drug-likeness (QED) is 0.912. The van der Waals surface area contributed by atoms with E-state index >= 15 is 0 Å². The fourth-order valence-electron chi connectivity index (χ4n) is 3.02. The third-order valence-corrected chi connectivity index (χ3v) is 4.58. The van der Waals surface area contributed by atoms with Gasteiger partial charge in [0.1, 0.15) is 0 Å². The molecule has 2 atom stereocenters. The van der Waals surface area contributed by atoms with Crippen LogP contribution >= 0.6 is 0 Å². The van der Waals surface area contributed by atoms with Crippen molar-refractivity contribution in [3.05, 3.63) is 35.4 Å². The number of hydrogen-bond donors (Lipinski definition) is 1. The van der Waals surface area contributed by atoms with Gasteiger partial charge in [-0.3, -0.25) is 4.79 Å². The summed E-state index contributed by atoms with van der Waals surface area (Å²) in [6.45, 7) is 6.86. The molecule has 0 unspecified atom stereocenters. The average Bonchev–Trinajstić information content (AvgIpc) is 3.19. The first-order valence-corrected chi connectivity index (χ1v) is 7.72. The van der Waals surface area contributed by atoms with Crippen LogP contribution in [0, 0.1) is 18.8 Å². The predicted molar refractivity (Wildman–Crippen MR) is 80.3 cm³/mol. The van der Waals surface area contributed by atoms with Gasteiger partial charge in [-0.1, -0.05) is 36.8 Å². The molecule has 1 heterocycles. The third kappa shape index (κ3) is 2.88. The first kappa shape index (κ1) is 13.6. The standard InChI is InChI=1S/C17H24N2O/c1-12-3-5-14(6-4-12)11-19(15-7-8-15)17(20)16-10-18-9-13(16)2/h3-6,13,15-16,18H,7-11H2,1-2H3/t13-,16-/m1/s1. The van der Waals surface area contributed by atoms with Crippen LogP contribution in [0.3, 0.4) is 0 Å². The first-order chi connectivity index (χ1) is 9.65. The fourth-order valence-corrected chi connectivity index (χ4v) is 3.02. The van der Waals surface area contributed by atoms with Gasteiger partial charge in [0.25, 0.3) is 0 Å². The van der Waals surface area contributed by atoms with Crippen molar-refractivity contribution in [2.24, 2.45) is 11.8 Å². The third-order valence-electron chi connectivity index (χ3n) is 4.58. The van der Waals surface area contributed by atoms with Crippen molar-refractivity contribution < 1.29 is 4.79 Å². The Kier molecular flexibility index (Phi) is 3.79. The van der Waals surface area contributed by atoms with Gasteiger partial charge < -0.3 is 10.2 Å². The predicted octanol–water partition coefficient (Wildman–Crippen LogP) is 2.34. The van der Waals surface area contributed by atoms with Gasteiger partial charge in [-0.15, -0.1) is 0 Å². The zero-order valence-corrected chi connectivity index (χ0v) is 12.4. The smallest absolute Gasteiger partial charge is 0.227 e. The van der Waals surface area contributed by atoms with Gasteiger partial charge in [0.15, 0.2) is 0 Å². The highest BCUT2D eigenvalue weighted by atomic mass is 16.2. The molecular weight excluding hydrogens is 248 g/mol. The number of rotatable bonds is 4. The molecule has 0 bridgehead atoms. The molecule has 20 heavy (non-hydrogen) atoms. The molecule has 1 saturated heterocycles. The second kappa shape index (κ2) is 5.57. The van der Waals surface area contributed by atoms with Crippen LogP contribution in [0.15, 0.2) is 24.3 Å². The summed E-state index contributed by atoms with van der Waals surface area (Å²) < 4.78 is 0. The van der Waals surface area contributed by atoms with Crippen molar-refractivity contribution in [1.29, 1.82) is 0 Å². The largest absolute Gasteiger partial charge is 0.335 e. The van der Waals surface area contributed by atoms with Gasteiger partial charge in [0.05, 0.1) is 5.92 Å². The Morgan fingerprint density at radius 1 is 1.25 bits per heavy atom. The van der Waals surface area contributed by atoms with Crippen LogP contribution < -0.4 is 5.32 Å². The summed E-state index contributed by atoms with van der Waals surface area (Å²) in [5.74, 6) is 0.980. The van der Waals surface area contributed by atoms with Gasteiger partial charge in [-0.2, -0.15) is 0 Å². The molecule has 1 amide bonds. The van der Waals surface area contributed by atoms with E-state index in [4.69, 9.17) is 0 Å². The van der Waals surface area contributed by atoms with Crippen molar-refractivity contribution in [3.8, 4) is 0 Å². The summed E-state index contributed by atoms with van der Waals surface area (Å²) in [5.41, 5.74) is 2.51. The van der Waals surface area contributed by atoms with Gasteiger partial charge in [-0.05, 0) is 37.8 Å². The van der Waals surface area contributed by atoms with E-state index in [1.807, 2.05) is 0 Å². The minimum absolute atomic E-state index is 0.168. The molecule has 3 rings (SSSR count). The number of aryl methyl sites for hydroxylation is 1. The lowest BCUT2D eigenvalue weighted by molar-refractivity contribution is -0.137. The molecule has 3 heteroatoms. The maximum atomic E-state index is 12.8. The molecule has 0 spiro atoms. The number of benzene rings is 1. The lowest BCUT2D eigenvalue weighted by atomic mass is 9.96. The van der Waals surface area contributed by atoms with E-state index in [1.54, 1.807) is 0 Å². The fraction of sp³-hybridized carbons (Fsp3) is 0.588. The maximum absolute atomic E-state index is 12.8. The Bertz CT molecular complexity index is 478. The van der Waals surface area contributed by atoms with E-state index in [1.165, 1.54) is 24.0 Å². The highest BCUT2D eigenvalue weighted by Crippen LogP contribution is 2.31. The van der Waals surface area contributed by atoms with Crippen LogP contribution in [0.5, 0.6) is 0 Å². The zero-order valence-electron chi connectivity index (χ0n) is 12.4. The minimum atomic E-state index is 0.168. The molecule has 0 radical (unpaired) electrons. The molecule has 1 aromatic rings. The van der Waals surface area contributed by atoms with Gasteiger partial charge in [0, 0.05) is 19.1 Å². The van der Waals surface area contributed by atoms with Crippen molar-refractivity contribution >= 4 is 5.91 Å². The van der Waals surface area contributed by atoms with Crippen molar-refractivity contribution in [2.45, 2.75) is 39.3 Å². The highest BCUT2D eigenvalue weighted by molar-refractivity contribution is 5.80. The molecule has 1 saturated carbocycles. The molecule has 3 nitrogen and oxygen atoms in total. The average molecular weight is 272 g/mol. The number of nitrogens with zero attached hydrogens (tertiary/aromatic N) is 1. The van der Waals surface area contributed by atoms with Crippen LogP contribution in [-0.2, 0) is 11.3 Å². The summed E-state index contributed by atoms with van der Waals surface area (Å²) in [6.07, 6.45) is 2.35. The number of carbonyl (C=O) groups excluding carboxylic acids is 1. The molecule has 1 aliphatic carbocycles. The summed E-state index contributed by atoms with van der Waals surface area (Å²) in [7, 11) is 0. The highest BCUT2D eigenvalue weighted by Gasteiger charge is 2.39. The molecule has 2 aliphatic rings. The minimum Gasteiger partial charge on any atom is -0.335 e. The summed E-state index contributed by atoms with van der Waals surface area (Å²) >= 11 is 0. The second-order valence-corrected chi connectivity index (χ2v) is 6.42. The van der Waals surface area contributed by atoms with Crippen LogP contribution in [0.4, 0.5) is 0 Å². The van der Waals surface area contributed by atoms with Crippen molar-refractivity contribution in [2.75, 3.05) is 13.1 Å². The van der Waals surface area contributed by atoms with E-state index in [0.29, 0.717) is 17.9 Å².